The number of hydrogen-bond donors (Lipinski definition) is 1. The van der Waals surface area contributed by atoms with Gasteiger partial charge >= 0.3 is 0 Å². The smallest absolute Gasteiger partial charge is 0.261 e. The summed E-state index contributed by atoms with van der Waals surface area (Å²) in [4.78, 5) is 22.0. The van der Waals surface area contributed by atoms with Crippen LogP contribution in [0, 0.1) is 6.92 Å². The Morgan fingerprint density at radius 3 is 2.61 bits per heavy atom. The van der Waals surface area contributed by atoms with Crippen molar-refractivity contribution in [3.63, 3.8) is 0 Å². The van der Waals surface area contributed by atoms with Crippen LogP contribution in [-0.4, -0.2) is 42.5 Å². The molecule has 2 N–H and O–H groups in total. The number of fused-ring (bicyclic) bond motifs is 1. The molecule has 2 aliphatic heterocycles. The second-order valence-electron chi connectivity index (χ2n) is 8.98. The minimum Gasteiger partial charge on any atom is -0.378 e. The Bertz CT molecular complexity index is 1230. The van der Waals surface area contributed by atoms with Crippen molar-refractivity contribution in [2.24, 2.45) is 5.14 Å². The summed E-state index contributed by atoms with van der Waals surface area (Å²) in [6, 6.07) is 12.2. The number of aryl methyl sites for hydroxylation is 2. The Hall–Kier alpha value is -2.39. The van der Waals surface area contributed by atoms with Gasteiger partial charge in [-0.25, -0.2) is 4.98 Å². The molecule has 174 valence electrons. The number of hydrogen-bond acceptors (Lipinski definition) is 7. The van der Waals surface area contributed by atoms with Gasteiger partial charge in [0.05, 0.1) is 30.7 Å². The molecule has 0 spiro atoms. The van der Waals surface area contributed by atoms with E-state index in [9.17, 15) is 4.79 Å². The topological polar surface area (TPSA) is 82.6 Å². The first-order chi connectivity index (χ1) is 16.0. The molecule has 8 heteroatoms. The summed E-state index contributed by atoms with van der Waals surface area (Å²) in [7, 11) is 0. The molecule has 2 fully saturated rings. The highest BCUT2D eigenvalue weighted by Gasteiger charge is 2.39. The van der Waals surface area contributed by atoms with Gasteiger partial charge < -0.3 is 14.4 Å². The van der Waals surface area contributed by atoms with Crippen molar-refractivity contribution in [3.05, 3.63) is 63.7 Å². The van der Waals surface area contributed by atoms with Crippen LogP contribution in [0.25, 0.3) is 10.9 Å². The number of rotatable bonds is 6. The third-order valence-corrected chi connectivity index (χ3v) is 7.37. The molecule has 1 aromatic heterocycles. The van der Waals surface area contributed by atoms with Gasteiger partial charge in [0.2, 0.25) is 0 Å². The van der Waals surface area contributed by atoms with Crippen molar-refractivity contribution >= 4 is 28.5 Å². The Morgan fingerprint density at radius 1 is 1.15 bits per heavy atom. The summed E-state index contributed by atoms with van der Waals surface area (Å²) in [5.74, 6) is 0.720. The number of nitrogens with zero attached hydrogens (tertiary/aromatic N) is 3. The highest BCUT2D eigenvalue weighted by molar-refractivity contribution is 7.97. The molecule has 0 amide bonds. The first-order valence-corrected chi connectivity index (χ1v) is 12.3. The van der Waals surface area contributed by atoms with E-state index < -0.39 is 5.60 Å². The monoisotopic (exact) mass is 466 g/mol. The van der Waals surface area contributed by atoms with Crippen LogP contribution in [0.2, 0.25) is 0 Å². The quantitative estimate of drug-likeness (QED) is 0.558. The van der Waals surface area contributed by atoms with E-state index in [2.05, 4.69) is 24.0 Å². The van der Waals surface area contributed by atoms with E-state index in [1.54, 1.807) is 0 Å². The van der Waals surface area contributed by atoms with E-state index in [-0.39, 0.29) is 5.56 Å². The average molecular weight is 467 g/mol. The molecule has 5 rings (SSSR count). The number of nitrogens with two attached hydrogens (primary N) is 1. The zero-order valence-corrected chi connectivity index (χ0v) is 20.0. The van der Waals surface area contributed by atoms with Gasteiger partial charge in [-0.3, -0.25) is 14.5 Å². The van der Waals surface area contributed by atoms with E-state index in [1.807, 2.05) is 35.8 Å². The van der Waals surface area contributed by atoms with Gasteiger partial charge in [0.15, 0.2) is 0 Å². The molecule has 0 radical (unpaired) electrons. The fraction of sp³-hybridized carbons (Fsp3) is 0.440. The molecule has 0 saturated carbocycles. The van der Waals surface area contributed by atoms with Crippen LogP contribution >= 0.6 is 11.9 Å². The highest BCUT2D eigenvalue weighted by atomic mass is 32.2. The van der Waals surface area contributed by atoms with Crippen LogP contribution < -0.4 is 15.6 Å². The predicted molar refractivity (Wildman–Crippen MR) is 132 cm³/mol. The molecule has 3 aromatic rings. The van der Waals surface area contributed by atoms with Crippen molar-refractivity contribution in [1.82, 2.24) is 9.55 Å². The van der Waals surface area contributed by atoms with Crippen molar-refractivity contribution < 1.29 is 9.47 Å². The number of ether oxygens (including phenoxy) is 2. The van der Waals surface area contributed by atoms with Crippen LogP contribution in [-0.2, 0) is 28.0 Å². The van der Waals surface area contributed by atoms with Gasteiger partial charge in [-0.2, -0.15) is 0 Å². The van der Waals surface area contributed by atoms with Gasteiger partial charge in [-0.15, -0.1) is 0 Å². The highest BCUT2D eigenvalue weighted by Crippen LogP contribution is 2.36. The lowest BCUT2D eigenvalue weighted by molar-refractivity contribution is -0.148. The fourth-order valence-corrected chi connectivity index (χ4v) is 5.07. The number of benzene rings is 2. The molecule has 0 aliphatic carbocycles. The molecular formula is C25H30N4O3S. The zero-order valence-electron chi connectivity index (χ0n) is 19.2. The summed E-state index contributed by atoms with van der Waals surface area (Å²) >= 11 is 1.25. The zero-order chi connectivity index (χ0) is 23.0. The molecular weight excluding hydrogens is 436 g/mol. The molecule has 1 unspecified atom stereocenters. The molecule has 2 saturated heterocycles. The maximum atomic E-state index is 13.6. The van der Waals surface area contributed by atoms with E-state index >= 15 is 0 Å². The average Bonchev–Trinajstić information content (AvgIpc) is 2.82. The van der Waals surface area contributed by atoms with E-state index in [1.165, 1.54) is 23.1 Å². The van der Waals surface area contributed by atoms with Crippen molar-refractivity contribution in [2.75, 3.05) is 37.8 Å². The molecule has 0 bridgehead atoms. The molecule has 2 aromatic carbocycles. The summed E-state index contributed by atoms with van der Waals surface area (Å²) < 4.78 is 13.2. The van der Waals surface area contributed by atoms with Crippen LogP contribution in [0.15, 0.2) is 46.1 Å². The number of aromatic nitrogens is 2. The number of anilines is 1. The first-order valence-electron chi connectivity index (χ1n) is 11.5. The Balaban J connectivity index is 1.53. The van der Waals surface area contributed by atoms with Gasteiger partial charge in [0, 0.05) is 36.6 Å². The Morgan fingerprint density at radius 2 is 1.94 bits per heavy atom. The SMILES string of the molecule is Cc1cc(SN)ccc1CCn1c(C2(C)CCO2)nc2cc(N3CCOCC3)ccc2c1=O. The third-order valence-electron chi connectivity index (χ3n) is 6.84. The summed E-state index contributed by atoms with van der Waals surface area (Å²) in [6.45, 7) is 8.48. The third kappa shape index (κ3) is 4.28. The molecule has 3 heterocycles. The summed E-state index contributed by atoms with van der Waals surface area (Å²) in [5, 5.41) is 6.34. The minimum atomic E-state index is -0.530. The first kappa shape index (κ1) is 22.4. The van der Waals surface area contributed by atoms with Crippen LogP contribution in [0.3, 0.4) is 0 Å². The fourth-order valence-electron chi connectivity index (χ4n) is 4.68. The maximum absolute atomic E-state index is 13.6. The van der Waals surface area contributed by atoms with Gasteiger partial charge in [0.25, 0.3) is 5.56 Å². The Labute approximate surface area is 198 Å². The second-order valence-corrected chi connectivity index (χ2v) is 9.69. The van der Waals surface area contributed by atoms with Crippen LogP contribution in [0.1, 0.15) is 30.3 Å². The van der Waals surface area contributed by atoms with Crippen molar-refractivity contribution in [2.45, 2.75) is 43.7 Å². The van der Waals surface area contributed by atoms with Crippen molar-refractivity contribution in [3.8, 4) is 0 Å². The standard InChI is InChI=1S/C25H30N4O3S/c1-17-15-20(33-26)5-3-18(17)7-9-29-23(30)21-6-4-19(28-10-13-31-14-11-28)16-22(21)27-24(29)25(2)8-12-32-25/h3-6,15-16H,7-14,26H2,1-2H3. The summed E-state index contributed by atoms with van der Waals surface area (Å²) in [6.07, 6.45) is 1.60. The Kier molecular flexibility index (Phi) is 6.18. The van der Waals surface area contributed by atoms with Crippen molar-refractivity contribution in [1.29, 1.82) is 0 Å². The molecule has 33 heavy (non-hydrogen) atoms. The van der Waals surface area contributed by atoms with Crippen LogP contribution in [0.5, 0.6) is 0 Å². The maximum Gasteiger partial charge on any atom is 0.261 e. The normalized spacial score (nSPS) is 20.8. The molecule has 2 aliphatic rings. The number of morpholine rings is 1. The second kappa shape index (κ2) is 9.10. The molecule has 7 nitrogen and oxygen atoms in total. The van der Waals surface area contributed by atoms with E-state index in [4.69, 9.17) is 19.6 Å². The van der Waals surface area contributed by atoms with Gasteiger partial charge in [-0.05, 0) is 73.7 Å². The van der Waals surface area contributed by atoms with Gasteiger partial charge in [0.1, 0.15) is 11.4 Å². The summed E-state index contributed by atoms with van der Waals surface area (Å²) in [5.41, 5.74) is 3.65. The lowest BCUT2D eigenvalue weighted by atomic mass is 9.95. The van der Waals surface area contributed by atoms with E-state index in [0.29, 0.717) is 31.8 Å². The largest absolute Gasteiger partial charge is 0.378 e. The molecule has 1 atom stereocenters. The lowest BCUT2D eigenvalue weighted by Gasteiger charge is -2.39. The predicted octanol–water partition coefficient (Wildman–Crippen LogP) is 3.39. The van der Waals surface area contributed by atoms with Crippen LogP contribution in [0.4, 0.5) is 5.69 Å². The van der Waals surface area contributed by atoms with Gasteiger partial charge in [-0.1, -0.05) is 6.07 Å². The van der Waals surface area contributed by atoms with E-state index in [0.717, 1.165) is 47.9 Å². The minimum absolute atomic E-state index is 0.00737. The lowest BCUT2D eigenvalue weighted by Crippen LogP contribution is -2.44.